The molecule has 5 nitrogen and oxygen atoms in total. The molecule has 4 saturated carbocycles. The van der Waals surface area contributed by atoms with Gasteiger partial charge in [-0.1, -0.05) is 23.8 Å². The predicted octanol–water partition coefficient (Wildman–Crippen LogP) is 3.14. The lowest BCUT2D eigenvalue weighted by Crippen LogP contribution is -2.58. The topological polar surface area (TPSA) is 66.8 Å². The minimum atomic E-state index is -0.702. The maximum Gasteiger partial charge on any atom is 0.312 e. The molecule has 1 N–H and O–H groups in total. The molecule has 28 heavy (non-hydrogen) atoms. The summed E-state index contributed by atoms with van der Waals surface area (Å²) in [7, 11) is 1.74. The number of carbonyl (C=O) groups excluding carboxylic acids is 2. The number of nitrogens with zero attached hydrogens (tertiary/aromatic N) is 1. The van der Waals surface area contributed by atoms with E-state index in [2.05, 4.69) is 6.07 Å². The Bertz CT molecular complexity index is 788. The zero-order valence-electron chi connectivity index (χ0n) is 17.2. The first-order valence-electron chi connectivity index (χ1n) is 10.4. The standard InChI is InChI=1S/C23H31NO4/c1-15-4-5-19(16(2)6-15)12-24(3)20(25)13-28-21(26)22-8-17-7-18(9-22)11-23(27,10-17)14-22/h4-6,17-18,27H,7-14H2,1-3H3. The van der Waals surface area contributed by atoms with E-state index in [1.54, 1.807) is 11.9 Å². The van der Waals surface area contributed by atoms with Crippen LogP contribution in [0, 0.1) is 31.1 Å². The molecule has 4 fully saturated rings. The molecular weight excluding hydrogens is 354 g/mol. The smallest absolute Gasteiger partial charge is 0.312 e. The van der Waals surface area contributed by atoms with Crippen molar-refractivity contribution in [3.63, 3.8) is 0 Å². The molecule has 0 radical (unpaired) electrons. The van der Waals surface area contributed by atoms with Crippen molar-refractivity contribution in [1.82, 2.24) is 4.90 Å². The lowest BCUT2D eigenvalue weighted by molar-refractivity contribution is -0.196. The summed E-state index contributed by atoms with van der Waals surface area (Å²) in [5, 5.41) is 10.8. The fourth-order valence-electron chi connectivity index (χ4n) is 6.21. The largest absolute Gasteiger partial charge is 0.455 e. The van der Waals surface area contributed by atoms with E-state index in [0.29, 0.717) is 24.8 Å². The number of likely N-dealkylation sites (N-methyl/N-ethyl adjacent to an activating group) is 1. The zero-order valence-corrected chi connectivity index (χ0v) is 17.2. The Morgan fingerprint density at radius 3 is 2.46 bits per heavy atom. The summed E-state index contributed by atoms with van der Waals surface area (Å²) in [6.07, 6.45) is 4.86. The molecular formula is C23H31NO4. The summed E-state index contributed by atoms with van der Waals surface area (Å²) in [5.74, 6) is 0.355. The molecule has 0 aromatic heterocycles. The Morgan fingerprint density at radius 2 is 1.86 bits per heavy atom. The summed E-state index contributed by atoms with van der Waals surface area (Å²) in [6.45, 7) is 4.36. The average molecular weight is 386 g/mol. The zero-order chi connectivity index (χ0) is 20.1. The second-order valence-corrected chi connectivity index (χ2v) is 9.72. The van der Waals surface area contributed by atoms with Gasteiger partial charge in [0.25, 0.3) is 5.91 Å². The van der Waals surface area contributed by atoms with Gasteiger partial charge in [0, 0.05) is 13.6 Å². The van der Waals surface area contributed by atoms with Crippen LogP contribution < -0.4 is 0 Å². The number of carbonyl (C=O) groups is 2. The predicted molar refractivity (Wildman–Crippen MR) is 105 cm³/mol. The highest BCUT2D eigenvalue weighted by Crippen LogP contribution is 2.61. The van der Waals surface area contributed by atoms with Gasteiger partial charge in [-0.2, -0.15) is 0 Å². The number of amides is 1. The molecule has 5 rings (SSSR count). The van der Waals surface area contributed by atoms with E-state index < -0.39 is 11.0 Å². The first-order chi connectivity index (χ1) is 13.2. The highest BCUT2D eigenvalue weighted by Gasteiger charge is 2.60. The maximum absolute atomic E-state index is 12.9. The third kappa shape index (κ3) is 3.57. The van der Waals surface area contributed by atoms with Crippen LogP contribution in [0.4, 0.5) is 0 Å². The van der Waals surface area contributed by atoms with Crippen molar-refractivity contribution in [3.05, 3.63) is 34.9 Å². The average Bonchev–Trinajstić information content (AvgIpc) is 2.59. The molecule has 1 aromatic carbocycles. The third-order valence-corrected chi connectivity index (χ3v) is 7.12. The molecule has 2 unspecified atom stereocenters. The van der Waals surface area contributed by atoms with E-state index in [4.69, 9.17) is 4.74 Å². The number of aliphatic hydroxyl groups is 1. The van der Waals surface area contributed by atoms with Gasteiger partial charge >= 0.3 is 5.97 Å². The molecule has 4 bridgehead atoms. The van der Waals surface area contributed by atoms with Crippen LogP contribution in [0.5, 0.6) is 0 Å². The number of aryl methyl sites for hydroxylation is 2. The van der Waals surface area contributed by atoms with Gasteiger partial charge in [-0.15, -0.1) is 0 Å². The van der Waals surface area contributed by atoms with Crippen molar-refractivity contribution < 1.29 is 19.4 Å². The van der Waals surface area contributed by atoms with Crippen LogP contribution >= 0.6 is 0 Å². The molecule has 4 aliphatic carbocycles. The summed E-state index contributed by atoms with van der Waals surface area (Å²) in [5.41, 5.74) is 2.16. The Balaban J connectivity index is 1.35. The molecule has 152 valence electrons. The third-order valence-electron chi connectivity index (χ3n) is 7.12. The number of esters is 1. The van der Waals surface area contributed by atoms with E-state index in [0.717, 1.165) is 43.2 Å². The van der Waals surface area contributed by atoms with Gasteiger partial charge in [0.05, 0.1) is 11.0 Å². The van der Waals surface area contributed by atoms with E-state index in [1.807, 2.05) is 26.0 Å². The molecule has 4 aliphatic rings. The van der Waals surface area contributed by atoms with Gasteiger partial charge in [-0.05, 0) is 75.3 Å². The van der Waals surface area contributed by atoms with Crippen LogP contribution in [0.25, 0.3) is 0 Å². The highest BCUT2D eigenvalue weighted by atomic mass is 16.5. The van der Waals surface area contributed by atoms with E-state index in [9.17, 15) is 14.7 Å². The Morgan fingerprint density at radius 1 is 1.18 bits per heavy atom. The van der Waals surface area contributed by atoms with Crippen LogP contribution in [0.1, 0.15) is 55.2 Å². The Hall–Kier alpha value is -1.88. The van der Waals surface area contributed by atoms with Gasteiger partial charge in [-0.3, -0.25) is 9.59 Å². The maximum atomic E-state index is 12.9. The number of rotatable bonds is 5. The van der Waals surface area contributed by atoms with Crippen molar-refractivity contribution >= 4 is 11.9 Å². The van der Waals surface area contributed by atoms with Crippen molar-refractivity contribution in [2.45, 2.75) is 64.5 Å². The molecule has 0 aliphatic heterocycles. The minimum Gasteiger partial charge on any atom is -0.455 e. The second kappa shape index (κ2) is 6.87. The number of ether oxygens (including phenoxy) is 1. The van der Waals surface area contributed by atoms with E-state index in [-0.39, 0.29) is 18.5 Å². The van der Waals surface area contributed by atoms with Crippen molar-refractivity contribution in [1.29, 1.82) is 0 Å². The van der Waals surface area contributed by atoms with Crippen molar-refractivity contribution in [3.8, 4) is 0 Å². The SMILES string of the molecule is Cc1ccc(CN(C)C(=O)COC(=O)C23CC4CC(CC(O)(C4)C2)C3)c(C)c1. The Kier molecular flexibility index (Phi) is 4.77. The fourth-order valence-corrected chi connectivity index (χ4v) is 6.21. The van der Waals surface area contributed by atoms with Gasteiger partial charge in [0.2, 0.25) is 0 Å². The lowest BCUT2D eigenvalue weighted by Gasteiger charge is -2.58. The van der Waals surface area contributed by atoms with Crippen LogP contribution in [0.15, 0.2) is 18.2 Å². The molecule has 0 heterocycles. The van der Waals surface area contributed by atoms with Gasteiger partial charge < -0.3 is 14.7 Å². The van der Waals surface area contributed by atoms with Gasteiger partial charge in [0.15, 0.2) is 6.61 Å². The summed E-state index contributed by atoms with van der Waals surface area (Å²) in [4.78, 5) is 27.0. The lowest BCUT2D eigenvalue weighted by atomic mass is 9.48. The molecule has 5 heteroatoms. The molecule has 1 amide bonds. The number of hydrogen-bond acceptors (Lipinski definition) is 4. The quantitative estimate of drug-likeness (QED) is 0.791. The summed E-state index contributed by atoms with van der Waals surface area (Å²) >= 11 is 0. The molecule has 0 spiro atoms. The monoisotopic (exact) mass is 385 g/mol. The van der Waals surface area contributed by atoms with Crippen LogP contribution in [0.2, 0.25) is 0 Å². The fraction of sp³-hybridized carbons (Fsp3) is 0.652. The number of benzene rings is 1. The number of hydrogen-bond donors (Lipinski definition) is 1. The normalized spacial score (nSPS) is 33.0. The molecule has 1 aromatic rings. The molecule has 2 atom stereocenters. The van der Waals surface area contributed by atoms with Crippen LogP contribution in [0.3, 0.4) is 0 Å². The summed E-state index contributed by atoms with van der Waals surface area (Å²) in [6, 6.07) is 6.18. The summed E-state index contributed by atoms with van der Waals surface area (Å²) < 4.78 is 5.50. The van der Waals surface area contributed by atoms with Crippen LogP contribution in [-0.2, 0) is 20.9 Å². The first-order valence-corrected chi connectivity index (χ1v) is 10.4. The Labute approximate surface area is 167 Å². The van der Waals surface area contributed by atoms with Crippen molar-refractivity contribution in [2.75, 3.05) is 13.7 Å². The minimum absolute atomic E-state index is 0.197. The van der Waals surface area contributed by atoms with Gasteiger partial charge in [0.1, 0.15) is 0 Å². The first kappa shape index (κ1) is 19.4. The molecule has 0 saturated heterocycles. The van der Waals surface area contributed by atoms with E-state index in [1.165, 1.54) is 5.56 Å². The van der Waals surface area contributed by atoms with Crippen LogP contribution in [-0.4, -0.2) is 41.1 Å². The highest BCUT2D eigenvalue weighted by molar-refractivity contribution is 5.83. The second-order valence-electron chi connectivity index (χ2n) is 9.72. The van der Waals surface area contributed by atoms with Crippen molar-refractivity contribution in [2.24, 2.45) is 17.3 Å². The van der Waals surface area contributed by atoms with Gasteiger partial charge in [-0.25, -0.2) is 0 Å². The van der Waals surface area contributed by atoms with E-state index >= 15 is 0 Å².